The quantitative estimate of drug-likeness (QED) is 0.815. The fourth-order valence-electron chi connectivity index (χ4n) is 2.12. The van der Waals surface area contributed by atoms with Gasteiger partial charge in [0.1, 0.15) is 22.8 Å². The molecule has 0 aliphatic heterocycles. The number of carbonyl (C=O) groups excluding carboxylic acids is 1. The van der Waals surface area contributed by atoms with E-state index in [9.17, 15) is 9.59 Å². The molecule has 1 amide bonds. The number of hydrogen-bond acceptors (Lipinski definition) is 5. The summed E-state index contributed by atoms with van der Waals surface area (Å²) in [4.78, 5) is 23.7. The van der Waals surface area contributed by atoms with Crippen LogP contribution in [0.4, 0.5) is 5.69 Å². The second-order valence-electron chi connectivity index (χ2n) is 4.89. The molecule has 0 fully saturated rings. The zero-order valence-electron chi connectivity index (χ0n) is 13.8. The van der Waals surface area contributed by atoms with Crippen molar-refractivity contribution in [3.8, 4) is 17.2 Å². The number of anilines is 1. The van der Waals surface area contributed by atoms with Gasteiger partial charge in [0.2, 0.25) is 0 Å². The molecule has 0 spiro atoms. The number of benzene rings is 2. The van der Waals surface area contributed by atoms with Crippen LogP contribution in [0.3, 0.4) is 0 Å². The average Bonchev–Trinajstić information content (AvgIpc) is 2.62. The van der Waals surface area contributed by atoms with Crippen LogP contribution in [-0.2, 0) is 0 Å². The van der Waals surface area contributed by atoms with E-state index in [-0.39, 0.29) is 27.6 Å². The van der Waals surface area contributed by atoms with E-state index in [2.05, 4.69) is 5.32 Å². The van der Waals surface area contributed by atoms with Gasteiger partial charge >= 0.3 is 5.97 Å². The van der Waals surface area contributed by atoms with E-state index in [4.69, 9.17) is 30.9 Å². The highest BCUT2D eigenvalue weighted by molar-refractivity contribution is 6.34. The lowest BCUT2D eigenvalue weighted by molar-refractivity contribution is 0.0693. The summed E-state index contributed by atoms with van der Waals surface area (Å²) in [6.45, 7) is 0. The molecule has 0 radical (unpaired) electrons. The maximum atomic E-state index is 12.5. The van der Waals surface area contributed by atoms with Crippen LogP contribution in [0, 0.1) is 0 Å². The Labute approximate surface area is 149 Å². The maximum Gasteiger partial charge on any atom is 0.339 e. The molecule has 0 aliphatic rings. The monoisotopic (exact) mass is 365 g/mol. The molecule has 0 atom stereocenters. The summed E-state index contributed by atoms with van der Waals surface area (Å²) in [6, 6.07) is 7.27. The smallest absolute Gasteiger partial charge is 0.339 e. The molecule has 8 heteroatoms. The molecule has 2 aromatic rings. The fourth-order valence-corrected chi connectivity index (χ4v) is 2.33. The summed E-state index contributed by atoms with van der Waals surface area (Å²) in [5, 5.41) is 11.8. The van der Waals surface area contributed by atoms with Crippen molar-refractivity contribution < 1.29 is 28.9 Å². The number of hydrogen-bond donors (Lipinski definition) is 2. The summed E-state index contributed by atoms with van der Waals surface area (Å²) < 4.78 is 15.3. The SMILES string of the molecule is COc1cc(OC)cc(C(=O)Nc2cc(OC)c(C(=O)O)cc2Cl)c1. The lowest BCUT2D eigenvalue weighted by Crippen LogP contribution is -2.13. The van der Waals surface area contributed by atoms with Gasteiger partial charge in [-0.2, -0.15) is 0 Å². The van der Waals surface area contributed by atoms with E-state index in [1.807, 2.05) is 0 Å². The van der Waals surface area contributed by atoms with Gasteiger partial charge < -0.3 is 24.6 Å². The molecule has 0 aliphatic carbocycles. The van der Waals surface area contributed by atoms with Crippen molar-refractivity contribution in [2.75, 3.05) is 26.6 Å². The molecule has 132 valence electrons. The molecule has 0 saturated carbocycles. The third kappa shape index (κ3) is 4.13. The van der Waals surface area contributed by atoms with Crippen molar-refractivity contribution >= 4 is 29.2 Å². The van der Waals surface area contributed by atoms with Crippen molar-refractivity contribution in [3.05, 3.63) is 46.5 Å². The van der Waals surface area contributed by atoms with Crippen molar-refractivity contribution in [1.82, 2.24) is 0 Å². The largest absolute Gasteiger partial charge is 0.497 e. The number of carbonyl (C=O) groups is 2. The van der Waals surface area contributed by atoms with Crippen LogP contribution in [0.1, 0.15) is 20.7 Å². The summed E-state index contributed by atoms with van der Waals surface area (Å²) in [7, 11) is 4.28. The molecule has 0 unspecified atom stereocenters. The number of carboxylic acid groups (broad SMARTS) is 1. The van der Waals surface area contributed by atoms with E-state index in [0.717, 1.165) is 0 Å². The van der Waals surface area contributed by atoms with Crippen LogP contribution in [0.25, 0.3) is 0 Å². The van der Waals surface area contributed by atoms with Gasteiger partial charge in [-0.3, -0.25) is 4.79 Å². The average molecular weight is 366 g/mol. The minimum absolute atomic E-state index is 0.0708. The van der Waals surface area contributed by atoms with E-state index in [0.29, 0.717) is 11.5 Å². The molecule has 2 N–H and O–H groups in total. The zero-order valence-corrected chi connectivity index (χ0v) is 14.5. The van der Waals surface area contributed by atoms with Crippen LogP contribution in [0.5, 0.6) is 17.2 Å². The van der Waals surface area contributed by atoms with Crippen LogP contribution < -0.4 is 19.5 Å². The van der Waals surface area contributed by atoms with Crippen LogP contribution in [0.15, 0.2) is 30.3 Å². The molecule has 25 heavy (non-hydrogen) atoms. The number of ether oxygens (including phenoxy) is 3. The Morgan fingerprint density at radius 2 is 1.56 bits per heavy atom. The predicted octanol–water partition coefficient (Wildman–Crippen LogP) is 3.32. The fraction of sp³-hybridized carbons (Fsp3) is 0.176. The summed E-state index contributed by atoms with van der Waals surface area (Å²) in [5.41, 5.74) is 0.400. The Bertz CT molecular complexity index is 799. The number of rotatable bonds is 6. The number of nitrogens with one attached hydrogen (secondary N) is 1. The highest BCUT2D eigenvalue weighted by atomic mass is 35.5. The Morgan fingerprint density at radius 3 is 2.04 bits per heavy atom. The standard InChI is InChI=1S/C17H16ClNO6/c1-23-10-4-9(5-11(6-10)24-2)16(20)19-14-8-15(25-3)12(17(21)22)7-13(14)18/h4-8H,1-3H3,(H,19,20)(H,21,22). The highest BCUT2D eigenvalue weighted by Crippen LogP contribution is 2.32. The Balaban J connectivity index is 2.36. The van der Waals surface area contributed by atoms with E-state index >= 15 is 0 Å². The number of carboxylic acids is 1. The molecule has 0 aromatic heterocycles. The van der Waals surface area contributed by atoms with Crippen LogP contribution >= 0.6 is 11.6 Å². The van der Waals surface area contributed by atoms with Gasteiger partial charge in [-0.15, -0.1) is 0 Å². The van der Waals surface area contributed by atoms with Gasteiger partial charge in [0.25, 0.3) is 5.91 Å². The topological polar surface area (TPSA) is 94.1 Å². The minimum atomic E-state index is -1.19. The van der Waals surface area contributed by atoms with Gasteiger partial charge in [0.15, 0.2) is 0 Å². The van der Waals surface area contributed by atoms with Crippen molar-refractivity contribution in [1.29, 1.82) is 0 Å². The first-order valence-corrected chi connectivity index (χ1v) is 7.42. The molecular weight excluding hydrogens is 350 g/mol. The van der Waals surface area contributed by atoms with Crippen LogP contribution in [-0.4, -0.2) is 38.3 Å². The highest BCUT2D eigenvalue weighted by Gasteiger charge is 2.17. The van der Waals surface area contributed by atoms with Gasteiger partial charge in [0.05, 0.1) is 32.0 Å². The van der Waals surface area contributed by atoms with E-state index in [1.54, 1.807) is 6.07 Å². The molecule has 0 bridgehead atoms. The van der Waals surface area contributed by atoms with Gasteiger partial charge in [-0.25, -0.2) is 4.79 Å². The third-order valence-electron chi connectivity index (χ3n) is 3.38. The van der Waals surface area contributed by atoms with Crippen molar-refractivity contribution in [2.24, 2.45) is 0 Å². The number of aromatic carboxylic acids is 1. The molecule has 7 nitrogen and oxygen atoms in total. The molecular formula is C17H16ClNO6. The lowest BCUT2D eigenvalue weighted by atomic mass is 10.1. The number of halogens is 1. The molecule has 2 rings (SSSR count). The molecule has 2 aromatic carbocycles. The van der Waals surface area contributed by atoms with E-state index < -0.39 is 11.9 Å². The normalized spacial score (nSPS) is 10.1. The number of amides is 1. The van der Waals surface area contributed by atoms with Crippen LogP contribution in [0.2, 0.25) is 5.02 Å². The first-order chi connectivity index (χ1) is 11.9. The Morgan fingerprint density at radius 1 is 0.960 bits per heavy atom. The van der Waals surface area contributed by atoms with Gasteiger partial charge in [-0.05, 0) is 18.2 Å². The second kappa shape index (κ2) is 7.76. The second-order valence-corrected chi connectivity index (χ2v) is 5.30. The molecule has 0 heterocycles. The lowest BCUT2D eigenvalue weighted by Gasteiger charge is -2.12. The summed E-state index contributed by atoms with van der Waals surface area (Å²) in [6.07, 6.45) is 0. The zero-order chi connectivity index (χ0) is 18.6. The minimum Gasteiger partial charge on any atom is -0.497 e. The third-order valence-corrected chi connectivity index (χ3v) is 3.69. The summed E-state index contributed by atoms with van der Waals surface area (Å²) in [5.74, 6) is -0.669. The number of methoxy groups -OCH3 is 3. The van der Waals surface area contributed by atoms with Gasteiger partial charge in [0, 0.05) is 17.7 Å². The first-order valence-electron chi connectivity index (χ1n) is 7.04. The van der Waals surface area contributed by atoms with Crippen molar-refractivity contribution in [3.63, 3.8) is 0 Å². The van der Waals surface area contributed by atoms with Gasteiger partial charge in [-0.1, -0.05) is 11.6 Å². The molecule has 0 saturated heterocycles. The Kier molecular flexibility index (Phi) is 5.71. The first kappa shape index (κ1) is 18.4. The summed E-state index contributed by atoms with van der Waals surface area (Å²) >= 11 is 6.07. The van der Waals surface area contributed by atoms with Crippen molar-refractivity contribution in [2.45, 2.75) is 0 Å². The maximum absolute atomic E-state index is 12.5. The predicted molar refractivity (Wildman–Crippen MR) is 92.5 cm³/mol. The Hall–Kier alpha value is -2.93. The van der Waals surface area contributed by atoms with E-state index in [1.165, 1.54) is 45.6 Å².